The Bertz CT molecular complexity index is 726. The van der Waals surface area contributed by atoms with E-state index in [0.717, 1.165) is 38.5 Å². The summed E-state index contributed by atoms with van der Waals surface area (Å²) in [5, 5.41) is 11.0. The van der Waals surface area contributed by atoms with Crippen molar-refractivity contribution in [1.29, 1.82) is 0 Å². The Kier molecular flexibility index (Phi) is 4.43. The fourth-order valence-corrected chi connectivity index (χ4v) is 7.77. The summed E-state index contributed by atoms with van der Waals surface area (Å²) in [6.45, 7) is 13.0. The largest absolute Gasteiger partial charge is 0.465 e. The van der Waals surface area contributed by atoms with Gasteiger partial charge >= 0.3 is 5.97 Å². The van der Waals surface area contributed by atoms with Crippen molar-refractivity contribution < 1.29 is 19.4 Å². The van der Waals surface area contributed by atoms with Crippen molar-refractivity contribution in [3.05, 3.63) is 12.2 Å². The minimum absolute atomic E-state index is 0.0532. The third-order valence-corrected chi connectivity index (χ3v) is 9.08. The zero-order chi connectivity index (χ0) is 20.5. The number of hydrogen-bond donors (Lipinski definition) is 1. The highest BCUT2D eigenvalue weighted by Gasteiger charge is 2.71. The lowest BCUT2D eigenvalue weighted by molar-refractivity contribution is -0.191. The Morgan fingerprint density at radius 2 is 1.86 bits per heavy atom. The molecule has 28 heavy (non-hydrogen) atoms. The molecule has 0 aromatic rings. The van der Waals surface area contributed by atoms with E-state index >= 15 is 0 Å². The maximum atomic E-state index is 13.3. The fraction of sp³-hybridized carbons (Fsp3) is 0.833. The molecule has 1 spiro atoms. The first-order valence-electron chi connectivity index (χ1n) is 11.1. The molecule has 0 saturated heterocycles. The highest BCUT2D eigenvalue weighted by molar-refractivity contribution is 6.04. The smallest absolute Gasteiger partial charge is 0.312 e. The average molecular weight is 389 g/mol. The molecule has 0 radical (unpaired) electrons. The van der Waals surface area contributed by atoms with Crippen molar-refractivity contribution in [2.24, 2.45) is 34.0 Å². The second-order valence-electron chi connectivity index (χ2n) is 11.1. The van der Waals surface area contributed by atoms with Crippen LogP contribution in [-0.4, -0.2) is 29.1 Å². The molecule has 0 aromatic heterocycles. The second kappa shape index (κ2) is 6.17. The van der Waals surface area contributed by atoms with Crippen LogP contribution in [0.4, 0.5) is 0 Å². The van der Waals surface area contributed by atoms with Crippen LogP contribution < -0.4 is 0 Å². The minimum Gasteiger partial charge on any atom is -0.465 e. The molecule has 0 unspecified atom stereocenters. The number of aliphatic hydroxyl groups is 1. The van der Waals surface area contributed by atoms with E-state index in [-0.39, 0.29) is 29.0 Å². The summed E-state index contributed by atoms with van der Waals surface area (Å²) in [6, 6.07) is 0. The number of carbonyl (C=O) groups is 2. The van der Waals surface area contributed by atoms with Crippen LogP contribution in [0.1, 0.15) is 79.1 Å². The monoisotopic (exact) mass is 388 g/mol. The molecule has 4 heteroatoms. The van der Waals surface area contributed by atoms with Gasteiger partial charge in [0, 0.05) is 11.0 Å². The van der Waals surface area contributed by atoms with Crippen molar-refractivity contribution in [1.82, 2.24) is 0 Å². The molecule has 4 fully saturated rings. The maximum absolute atomic E-state index is 13.3. The van der Waals surface area contributed by atoms with Gasteiger partial charge < -0.3 is 9.84 Å². The lowest BCUT2D eigenvalue weighted by Crippen LogP contribution is -2.60. The van der Waals surface area contributed by atoms with Gasteiger partial charge in [0.15, 0.2) is 5.78 Å². The van der Waals surface area contributed by atoms with Crippen LogP contribution >= 0.6 is 0 Å². The quantitative estimate of drug-likeness (QED) is 0.573. The summed E-state index contributed by atoms with van der Waals surface area (Å²) in [7, 11) is 0. The van der Waals surface area contributed by atoms with Gasteiger partial charge in [0.2, 0.25) is 0 Å². The second-order valence-corrected chi connectivity index (χ2v) is 11.1. The highest BCUT2D eigenvalue weighted by atomic mass is 16.5. The number of rotatable bonds is 3. The van der Waals surface area contributed by atoms with Gasteiger partial charge in [-0.1, -0.05) is 33.8 Å². The number of ketones is 1. The predicted octanol–water partition coefficient (Wildman–Crippen LogP) is 4.45. The maximum Gasteiger partial charge on any atom is 0.312 e. The van der Waals surface area contributed by atoms with Gasteiger partial charge in [-0.15, -0.1) is 0 Å². The first-order valence-corrected chi connectivity index (χ1v) is 11.1. The molecular formula is C24H36O4. The molecule has 156 valence electrons. The summed E-state index contributed by atoms with van der Waals surface area (Å²) in [5.41, 5.74) is -1.56. The van der Waals surface area contributed by atoms with E-state index in [0.29, 0.717) is 30.9 Å². The molecular weight excluding hydrogens is 352 g/mol. The van der Waals surface area contributed by atoms with Crippen molar-refractivity contribution >= 4 is 11.8 Å². The van der Waals surface area contributed by atoms with Crippen molar-refractivity contribution in [3.8, 4) is 0 Å². The van der Waals surface area contributed by atoms with E-state index in [4.69, 9.17) is 4.74 Å². The Morgan fingerprint density at radius 1 is 1.18 bits per heavy atom. The molecule has 4 rings (SSSR count). The molecule has 2 bridgehead atoms. The number of Topliss-reactive ketones (excluding diaryl/α,β-unsaturated/α-hetero) is 1. The minimum atomic E-state index is -0.995. The van der Waals surface area contributed by atoms with Crippen LogP contribution in [0.3, 0.4) is 0 Å². The van der Waals surface area contributed by atoms with Crippen LogP contribution in [0, 0.1) is 34.0 Å². The number of hydrogen-bond acceptors (Lipinski definition) is 4. The average Bonchev–Trinajstić information content (AvgIpc) is 2.76. The summed E-state index contributed by atoms with van der Waals surface area (Å²) in [4.78, 5) is 26.4. The Labute approximate surface area is 169 Å². The highest BCUT2D eigenvalue weighted by Crippen LogP contribution is 2.71. The van der Waals surface area contributed by atoms with E-state index in [1.54, 1.807) is 0 Å². The van der Waals surface area contributed by atoms with Crippen LogP contribution in [0.2, 0.25) is 0 Å². The SMILES string of the molecule is C=C1C(=O)[C@@]23CC[C@H]4[C@@](C)(CCC[C@@]4(C)C(=O)OCC(C)C)[C@@H]2CC[C@]1(O)C3. The van der Waals surface area contributed by atoms with Crippen LogP contribution in [0.25, 0.3) is 0 Å². The lowest BCUT2D eigenvalue weighted by Gasteiger charge is -2.63. The van der Waals surface area contributed by atoms with E-state index < -0.39 is 16.4 Å². The molecule has 1 N–H and O–H groups in total. The first-order chi connectivity index (χ1) is 13.0. The molecule has 0 aromatic carbocycles. The third-order valence-electron chi connectivity index (χ3n) is 9.08. The molecule has 4 saturated carbocycles. The molecule has 4 aliphatic rings. The Morgan fingerprint density at radius 3 is 2.54 bits per heavy atom. The van der Waals surface area contributed by atoms with Gasteiger partial charge in [-0.25, -0.2) is 0 Å². The number of carbonyl (C=O) groups excluding carboxylic acids is 2. The van der Waals surface area contributed by atoms with Crippen LogP contribution in [-0.2, 0) is 14.3 Å². The summed E-state index contributed by atoms with van der Waals surface area (Å²) in [6.07, 6.45) is 6.56. The van der Waals surface area contributed by atoms with E-state index in [2.05, 4.69) is 34.3 Å². The zero-order valence-electron chi connectivity index (χ0n) is 18.0. The van der Waals surface area contributed by atoms with Gasteiger partial charge in [-0.2, -0.15) is 0 Å². The molecule has 0 amide bonds. The molecule has 4 nitrogen and oxygen atoms in total. The molecule has 0 heterocycles. The van der Waals surface area contributed by atoms with Crippen molar-refractivity contribution in [2.45, 2.75) is 84.7 Å². The van der Waals surface area contributed by atoms with Crippen molar-refractivity contribution in [2.75, 3.05) is 6.61 Å². The Balaban J connectivity index is 1.68. The van der Waals surface area contributed by atoms with E-state index in [1.165, 1.54) is 0 Å². The standard InChI is InChI=1S/C24H36O4/c1-15(2)13-28-20(26)22(5)10-6-9-21(4)17(22)7-11-23-14-24(27,12-8-18(21)23)16(3)19(23)25/h15,17-18,27H,3,6-14H2,1-2,4-5H3/t17-,18-,21+,22+,23+,24-/m0/s1. The van der Waals surface area contributed by atoms with Crippen LogP contribution in [0.15, 0.2) is 12.2 Å². The summed E-state index contributed by atoms with van der Waals surface area (Å²) in [5.74, 6) is 0.838. The molecule has 4 aliphatic carbocycles. The number of fused-ring (bicyclic) bond motifs is 3. The van der Waals surface area contributed by atoms with Gasteiger partial charge in [0.25, 0.3) is 0 Å². The van der Waals surface area contributed by atoms with E-state index in [1.807, 2.05) is 0 Å². The predicted molar refractivity (Wildman–Crippen MR) is 107 cm³/mol. The van der Waals surface area contributed by atoms with Gasteiger partial charge in [-0.3, -0.25) is 9.59 Å². The third kappa shape index (κ3) is 2.45. The fourth-order valence-electron chi connectivity index (χ4n) is 7.77. The lowest BCUT2D eigenvalue weighted by atomic mass is 9.40. The number of esters is 1. The summed E-state index contributed by atoms with van der Waals surface area (Å²) >= 11 is 0. The molecule has 6 atom stereocenters. The van der Waals surface area contributed by atoms with Gasteiger partial charge in [0.1, 0.15) is 0 Å². The van der Waals surface area contributed by atoms with Gasteiger partial charge in [-0.05, 0) is 75.0 Å². The Hall–Kier alpha value is -1.16. The van der Waals surface area contributed by atoms with Crippen molar-refractivity contribution in [3.63, 3.8) is 0 Å². The number of ether oxygens (including phenoxy) is 1. The normalized spacial score (nSPS) is 47.6. The first kappa shape index (κ1) is 20.1. The summed E-state index contributed by atoms with van der Waals surface area (Å²) < 4.78 is 5.73. The molecule has 0 aliphatic heterocycles. The van der Waals surface area contributed by atoms with Gasteiger partial charge in [0.05, 0.1) is 17.6 Å². The van der Waals surface area contributed by atoms with E-state index in [9.17, 15) is 14.7 Å². The zero-order valence-corrected chi connectivity index (χ0v) is 18.0. The topological polar surface area (TPSA) is 63.6 Å². The van der Waals surface area contributed by atoms with Crippen LogP contribution in [0.5, 0.6) is 0 Å².